The SMILES string of the molecule is Cc1cccc(OC/C(=C/Nc2ccc(F)c(C(F)(F)F)c2)N=N)n1. The van der Waals surface area contributed by atoms with Crippen LogP contribution in [0.3, 0.4) is 0 Å². The van der Waals surface area contributed by atoms with Gasteiger partial charge in [0.05, 0.1) is 5.56 Å². The monoisotopic (exact) mass is 354 g/mol. The number of nitrogens with zero attached hydrogens (tertiary/aromatic N) is 2. The van der Waals surface area contributed by atoms with Crippen LogP contribution in [0.1, 0.15) is 11.3 Å². The number of alkyl halides is 3. The summed E-state index contributed by atoms with van der Waals surface area (Å²) in [6.45, 7) is 1.67. The zero-order valence-electron chi connectivity index (χ0n) is 13.1. The van der Waals surface area contributed by atoms with Gasteiger partial charge in [-0.05, 0) is 31.2 Å². The molecule has 9 heteroatoms. The third-order valence-corrected chi connectivity index (χ3v) is 3.05. The van der Waals surface area contributed by atoms with Gasteiger partial charge in [-0.1, -0.05) is 6.07 Å². The summed E-state index contributed by atoms with van der Waals surface area (Å²) in [6.07, 6.45) is -3.59. The third kappa shape index (κ3) is 5.27. The van der Waals surface area contributed by atoms with Crippen LogP contribution in [0.25, 0.3) is 0 Å². The second-order valence-electron chi connectivity index (χ2n) is 4.99. The van der Waals surface area contributed by atoms with Crippen LogP contribution in [-0.4, -0.2) is 11.6 Å². The minimum Gasteiger partial charge on any atom is -0.471 e. The molecule has 0 bridgehead atoms. The van der Waals surface area contributed by atoms with Crippen molar-refractivity contribution in [2.75, 3.05) is 11.9 Å². The molecule has 0 radical (unpaired) electrons. The second kappa shape index (κ2) is 7.73. The number of hydrogen-bond acceptors (Lipinski definition) is 5. The van der Waals surface area contributed by atoms with Crippen LogP contribution >= 0.6 is 0 Å². The molecule has 1 aromatic heterocycles. The minimum absolute atomic E-state index is 0.00329. The number of halogens is 4. The number of aromatic nitrogens is 1. The molecule has 132 valence electrons. The lowest BCUT2D eigenvalue weighted by atomic mass is 10.2. The van der Waals surface area contributed by atoms with Gasteiger partial charge in [0.15, 0.2) is 0 Å². The Morgan fingerprint density at radius 2 is 2.08 bits per heavy atom. The van der Waals surface area contributed by atoms with Gasteiger partial charge in [0.25, 0.3) is 0 Å². The molecule has 0 unspecified atom stereocenters. The Labute approximate surface area is 140 Å². The zero-order chi connectivity index (χ0) is 18.4. The summed E-state index contributed by atoms with van der Waals surface area (Å²) in [5.41, 5.74) is 6.57. The average Bonchev–Trinajstić information content (AvgIpc) is 2.55. The molecule has 2 rings (SSSR count). The first-order chi connectivity index (χ1) is 11.8. The van der Waals surface area contributed by atoms with Crippen molar-refractivity contribution in [1.82, 2.24) is 4.98 Å². The molecule has 2 aromatic rings. The fourth-order valence-corrected chi connectivity index (χ4v) is 1.85. The normalized spacial score (nSPS) is 12.0. The molecule has 0 amide bonds. The number of benzene rings is 1. The maximum atomic E-state index is 13.2. The number of anilines is 1. The van der Waals surface area contributed by atoms with Gasteiger partial charge in [-0.3, -0.25) is 0 Å². The van der Waals surface area contributed by atoms with Crippen LogP contribution in [0.15, 0.2) is 53.4 Å². The van der Waals surface area contributed by atoms with E-state index in [9.17, 15) is 17.6 Å². The van der Waals surface area contributed by atoms with Gasteiger partial charge in [0.1, 0.15) is 18.1 Å². The van der Waals surface area contributed by atoms with Crippen molar-refractivity contribution >= 4 is 5.69 Å². The lowest BCUT2D eigenvalue weighted by Crippen LogP contribution is -2.09. The van der Waals surface area contributed by atoms with Gasteiger partial charge < -0.3 is 10.1 Å². The largest absolute Gasteiger partial charge is 0.471 e. The van der Waals surface area contributed by atoms with E-state index < -0.39 is 17.6 Å². The van der Waals surface area contributed by atoms with Crippen LogP contribution in [0.5, 0.6) is 5.88 Å². The second-order valence-corrected chi connectivity index (χ2v) is 4.99. The fraction of sp³-hybridized carbons (Fsp3) is 0.188. The van der Waals surface area contributed by atoms with Crippen molar-refractivity contribution in [3.05, 3.63) is 65.4 Å². The number of pyridine rings is 1. The number of ether oxygens (including phenoxy) is 1. The molecule has 0 atom stereocenters. The highest BCUT2D eigenvalue weighted by Gasteiger charge is 2.34. The number of hydrogen-bond donors (Lipinski definition) is 2. The highest BCUT2D eigenvalue weighted by atomic mass is 19.4. The highest BCUT2D eigenvalue weighted by molar-refractivity contribution is 5.49. The van der Waals surface area contributed by atoms with Crippen LogP contribution in [0, 0.1) is 18.3 Å². The summed E-state index contributed by atoms with van der Waals surface area (Å²) in [5, 5.41) is 5.77. The summed E-state index contributed by atoms with van der Waals surface area (Å²) in [6, 6.07) is 7.64. The molecule has 0 fully saturated rings. The van der Waals surface area contributed by atoms with Gasteiger partial charge in [0, 0.05) is 23.6 Å². The van der Waals surface area contributed by atoms with E-state index in [2.05, 4.69) is 15.4 Å². The topological polar surface area (TPSA) is 70.4 Å². The van der Waals surface area contributed by atoms with Crippen molar-refractivity contribution in [2.24, 2.45) is 5.11 Å². The molecule has 2 N–H and O–H groups in total. The number of nitrogens with one attached hydrogen (secondary N) is 2. The smallest absolute Gasteiger partial charge is 0.419 e. The Kier molecular flexibility index (Phi) is 5.68. The van der Waals surface area contributed by atoms with E-state index >= 15 is 0 Å². The van der Waals surface area contributed by atoms with E-state index in [0.29, 0.717) is 18.0 Å². The summed E-state index contributed by atoms with van der Waals surface area (Å²) >= 11 is 0. The number of aryl methyl sites for hydroxylation is 1. The Morgan fingerprint density at radius 1 is 1.32 bits per heavy atom. The highest BCUT2D eigenvalue weighted by Crippen LogP contribution is 2.33. The summed E-state index contributed by atoms with van der Waals surface area (Å²) < 4.78 is 56.6. The Morgan fingerprint density at radius 3 is 2.72 bits per heavy atom. The lowest BCUT2D eigenvalue weighted by molar-refractivity contribution is -0.139. The standard InChI is InChI=1S/C16H14F4N4O/c1-10-3-2-4-15(23-10)25-9-12(24-21)8-22-11-5-6-14(17)13(7-11)16(18,19)20/h2-8,21-22H,9H2,1H3/b12-8-,24-21?. The predicted octanol–water partition coefficient (Wildman–Crippen LogP) is 4.91. The first-order valence-electron chi connectivity index (χ1n) is 7.06. The summed E-state index contributed by atoms with van der Waals surface area (Å²) in [7, 11) is 0. The van der Waals surface area contributed by atoms with E-state index in [4.69, 9.17) is 10.3 Å². The van der Waals surface area contributed by atoms with Gasteiger partial charge >= 0.3 is 6.18 Å². The van der Waals surface area contributed by atoms with Crippen molar-refractivity contribution in [3.8, 4) is 5.88 Å². The molecular weight excluding hydrogens is 340 g/mol. The molecule has 1 aromatic carbocycles. The van der Waals surface area contributed by atoms with E-state index in [1.165, 1.54) is 6.20 Å². The Balaban J connectivity index is 2.07. The maximum absolute atomic E-state index is 13.2. The van der Waals surface area contributed by atoms with Gasteiger partial charge in [-0.25, -0.2) is 14.9 Å². The minimum atomic E-state index is -4.80. The first kappa shape index (κ1) is 18.4. The fourth-order valence-electron chi connectivity index (χ4n) is 1.85. The molecule has 0 aliphatic carbocycles. The summed E-state index contributed by atoms with van der Waals surface area (Å²) in [4.78, 5) is 4.11. The van der Waals surface area contributed by atoms with E-state index in [1.807, 2.05) is 0 Å². The van der Waals surface area contributed by atoms with E-state index in [-0.39, 0.29) is 18.0 Å². The predicted molar refractivity (Wildman–Crippen MR) is 82.7 cm³/mol. The molecule has 25 heavy (non-hydrogen) atoms. The molecule has 0 saturated heterocycles. The molecule has 0 aliphatic rings. The van der Waals surface area contributed by atoms with Crippen LogP contribution in [-0.2, 0) is 6.18 Å². The van der Waals surface area contributed by atoms with Crippen LogP contribution in [0.2, 0.25) is 0 Å². The Bertz CT molecular complexity index is 790. The van der Waals surface area contributed by atoms with E-state index in [1.54, 1.807) is 25.1 Å². The average molecular weight is 354 g/mol. The Hall–Kier alpha value is -2.97. The van der Waals surface area contributed by atoms with Gasteiger partial charge in [-0.15, -0.1) is 0 Å². The van der Waals surface area contributed by atoms with Crippen LogP contribution < -0.4 is 10.1 Å². The van der Waals surface area contributed by atoms with Crippen molar-refractivity contribution in [2.45, 2.75) is 13.1 Å². The van der Waals surface area contributed by atoms with E-state index in [0.717, 1.165) is 11.8 Å². The molecule has 1 heterocycles. The molecule has 0 spiro atoms. The summed E-state index contributed by atoms with van der Waals surface area (Å²) in [5.74, 6) is -1.03. The first-order valence-corrected chi connectivity index (χ1v) is 7.06. The van der Waals surface area contributed by atoms with Crippen LogP contribution in [0.4, 0.5) is 23.2 Å². The molecule has 5 nitrogen and oxygen atoms in total. The quantitative estimate of drug-likeness (QED) is 0.572. The molecule has 0 aliphatic heterocycles. The van der Waals surface area contributed by atoms with Crippen molar-refractivity contribution < 1.29 is 22.3 Å². The molecular formula is C16H14F4N4O. The van der Waals surface area contributed by atoms with Gasteiger partial charge in [-0.2, -0.15) is 18.3 Å². The maximum Gasteiger partial charge on any atom is 0.419 e. The third-order valence-electron chi connectivity index (χ3n) is 3.05. The van der Waals surface area contributed by atoms with Crippen molar-refractivity contribution in [1.29, 1.82) is 5.53 Å². The van der Waals surface area contributed by atoms with Crippen molar-refractivity contribution in [3.63, 3.8) is 0 Å². The zero-order valence-corrected chi connectivity index (χ0v) is 13.1. The molecule has 0 saturated carbocycles. The lowest BCUT2D eigenvalue weighted by Gasteiger charge is -2.10. The number of rotatable bonds is 6. The van der Waals surface area contributed by atoms with Gasteiger partial charge in [0.2, 0.25) is 5.88 Å².